The van der Waals surface area contributed by atoms with Crippen LogP contribution in [-0.4, -0.2) is 16.9 Å². The molecule has 0 aromatic carbocycles. The molecule has 1 aromatic rings. The van der Waals surface area contributed by atoms with Gasteiger partial charge >= 0.3 is 5.97 Å². The lowest BCUT2D eigenvalue weighted by Crippen LogP contribution is -2.05. The summed E-state index contributed by atoms with van der Waals surface area (Å²) in [5, 5.41) is 0. The fraction of sp³-hybridized carbons (Fsp3) is 0.250. The first-order chi connectivity index (χ1) is 7.83. The molecule has 2 heterocycles. The van der Waals surface area contributed by atoms with Crippen LogP contribution in [0.2, 0.25) is 0 Å². The predicted octanol–water partition coefficient (Wildman–Crippen LogP) is 1.79. The Bertz CT molecular complexity index is 487. The van der Waals surface area contributed by atoms with E-state index in [2.05, 4.69) is 9.98 Å². The summed E-state index contributed by atoms with van der Waals surface area (Å²) in [5.41, 5.74) is 1.07. The van der Waals surface area contributed by atoms with Gasteiger partial charge in [0.25, 0.3) is 0 Å². The van der Waals surface area contributed by atoms with Crippen LogP contribution < -0.4 is 0 Å². The van der Waals surface area contributed by atoms with Crippen molar-refractivity contribution in [3.63, 3.8) is 0 Å². The minimum Gasteiger partial charge on any atom is -0.406 e. The smallest absolute Gasteiger partial charge is 0.363 e. The molecule has 0 spiro atoms. The van der Waals surface area contributed by atoms with Crippen molar-refractivity contribution in [1.82, 2.24) is 4.98 Å². The maximum Gasteiger partial charge on any atom is 0.363 e. The van der Waals surface area contributed by atoms with E-state index in [1.54, 1.807) is 12.3 Å². The zero-order valence-electron chi connectivity index (χ0n) is 8.59. The summed E-state index contributed by atoms with van der Waals surface area (Å²) in [6.45, 7) is 0. The van der Waals surface area contributed by atoms with E-state index in [0.29, 0.717) is 17.5 Å². The lowest BCUT2D eigenvalue weighted by molar-refractivity contribution is -0.130. The number of hydrogen-bond donors (Lipinski definition) is 0. The van der Waals surface area contributed by atoms with Crippen LogP contribution in [0.25, 0.3) is 6.08 Å². The molecule has 4 nitrogen and oxygen atoms in total. The second kappa shape index (κ2) is 3.56. The highest BCUT2D eigenvalue weighted by molar-refractivity contribution is 6.08. The van der Waals surface area contributed by atoms with E-state index in [4.69, 9.17) is 4.74 Å². The molecule has 1 aromatic heterocycles. The van der Waals surface area contributed by atoms with Crippen LogP contribution in [-0.2, 0) is 9.53 Å². The first-order valence-electron chi connectivity index (χ1n) is 5.26. The largest absolute Gasteiger partial charge is 0.406 e. The van der Waals surface area contributed by atoms with Gasteiger partial charge in [-0.25, -0.2) is 9.79 Å². The lowest BCUT2D eigenvalue weighted by Gasteiger charge is -1.92. The molecule has 1 aliphatic carbocycles. The molecule has 0 N–H and O–H groups in total. The van der Waals surface area contributed by atoms with Gasteiger partial charge in [-0.05, 0) is 31.1 Å². The van der Waals surface area contributed by atoms with Crippen molar-refractivity contribution in [2.45, 2.75) is 12.8 Å². The molecule has 4 heteroatoms. The number of carbonyl (C=O) groups excluding carboxylic acids is 1. The number of ether oxygens (including phenoxy) is 1. The van der Waals surface area contributed by atoms with Gasteiger partial charge in [0.1, 0.15) is 0 Å². The highest BCUT2D eigenvalue weighted by atomic mass is 16.6. The standard InChI is InChI=1S/C12H10N2O2/c15-12-10(7-9-3-1-2-6-13-9)14-11(16-12)8-4-5-8/h1-3,6-8H,4-5H2/b10-7+. The van der Waals surface area contributed by atoms with Gasteiger partial charge < -0.3 is 4.74 Å². The molecule has 0 bridgehead atoms. The summed E-state index contributed by atoms with van der Waals surface area (Å²) in [4.78, 5) is 19.8. The number of aliphatic imine (C=N–C) groups is 1. The zero-order chi connectivity index (χ0) is 11.0. The lowest BCUT2D eigenvalue weighted by atomic mass is 10.3. The second-order valence-electron chi connectivity index (χ2n) is 3.90. The topological polar surface area (TPSA) is 51.5 Å². The SMILES string of the molecule is O=C1OC(C2CC2)=N/C1=C/c1ccccn1. The Labute approximate surface area is 92.7 Å². The van der Waals surface area contributed by atoms with E-state index in [9.17, 15) is 4.79 Å². The van der Waals surface area contributed by atoms with Gasteiger partial charge in [-0.1, -0.05) is 6.07 Å². The Balaban J connectivity index is 1.89. The molecule has 0 radical (unpaired) electrons. The summed E-state index contributed by atoms with van der Waals surface area (Å²) in [7, 11) is 0. The van der Waals surface area contributed by atoms with Crippen molar-refractivity contribution in [3.8, 4) is 0 Å². The van der Waals surface area contributed by atoms with Crippen LogP contribution in [0.1, 0.15) is 18.5 Å². The molecular formula is C12H10N2O2. The summed E-state index contributed by atoms with van der Waals surface area (Å²) in [6.07, 6.45) is 5.47. The van der Waals surface area contributed by atoms with Crippen LogP contribution in [0.3, 0.4) is 0 Å². The Hall–Kier alpha value is -1.97. The van der Waals surface area contributed by atoms with E-state index in [1.807, 2.05) is 18.2 Å². The molecule has 1 fully saturated rings. The van der Waals surface area contributed by atoms with Gasteiger partial charge in [-0.2, -0.15) is 0 Å². The summed E-state index contributed by atoms with van der Waals surface area (Å²) >= 11 is 0. The van der Waals surface area contributed by atoms with Crippen LogP contribution >= 0.6 is 0 Å². The summed E-state index contributed by atoms with van der Waals surface area (Å²) in [6, 6.07) is 5.52. The van der Waals surface area contributed by atoms with E-state index in [0.717, 1.165) is 18.5 Å². The summed E-state index contributed by atoms with van der Waals surface area (Å²) < 4.78 is 5.09. The predicted molar refractivity (Wildman–Crippen MR) is 58.5 cm³/mol. The monoisotopic (exact) mass is 214 g/mol. The third kappa shape index (κ3) is 1.74. The maximum absolute atomic E-state index is 11.5. The molecule has 0 saturated heterocycles. The molecule has 80 valence electrons. The van der Waals surface area contributed by atoms with Crippen LogP contribution in [0.5, 0.6) is 0 Å². The van der Waals surface area contributed by atoms with Gasteiger partial charge in [0.05, 0.1) is 5.69 Å². The molecule has 2 aliphatic rings. The number of nitrogens with zero attached hydrogens (tertiary/aromatic N) is 2. The maximum atomic E-state index is 11.5. The van der Waals surface area contributed by atoms with E-state index >= 15 is 0 Å². The van der Waals surface area contributed by atoms with Crippen molar-refractivity contribution >= 4 is 17.9 Å². The van der Waals surface area contributed by atoms with Gasteiger partial charge in [0.2, 0.25) is 5.90 Å². The Kier molecular flexibility index (Phi) is 2.06. The van der Waals surface area contributed by atoms with Gasteiger partial charge in [0.15, 0.2) is 5.70 Å². The first-order valence-corrected chi connectivity index (χ1v) is 5.26. The second-order valence-corrected chi connectivity index (χ2v) is 3.90. The number of cyclic esters (lactones) is 1. The van der Waals surface area contributed by atoms with Crippen molar-refractivity contribution in [2.75, 3.05) is 0 Å². The van der Waals surface area contributed by atoms with Gasteiger partial charge in [-0.3, -0.25) is 4.98 Å². The number of rotatable bonds is 2. The zero-order valence-corrected chi connectivity index (χ0v) is 8.59. The van der Waals surface area contributed by atoms with Crippen LogP contribution in [0.4, 0.5) is 0 Å². The van der Waals surface area contributed by atoms with E-state index in [1.165, 1.54) is 0 Å². The number of hydrogen-bond acceptors (Lipinski definition) is 4. The Morgan fingerprint density at radius 2 is 2.25 bits per heavy atom. The van der Waals surface area contributed by atoms with Crippen molar-refractivity contribution < 1.29 is 9.53 Å². The van der Waals surface area contributed by atoms with E-state index in [-0.39, 0.29) is 5.97 Å². The van der Waals surface area contributed by atoms with Crippen molar-refractivity contribution in [3.05, 3.63) is 35.8 Å². The average Bonchev–Trinajstić information content (AvgIpc) is 3.07. The quantitative estimate of drug-likeness (QED) is 0.557. The summed E-state index contributed by atoms with van der Waals surface area (Å²) in [5.74, 6) is 0.568. The van der Waals surface area contributed by atoms with Crippen molar-refractivity contribution in [1.29, 1.82) is 0 Å². The third-order valence-electron chi connectivity index (χ3n) is 2.54. The van der Waals surface area contributed by atoms with E-state index < -0.39 is 0 Å². The fourth-order valence-corrected chi connectivity index (χ4v) is 1.53. The molecule has 0 unspecified atom stereocenters. The number of carbonyl (C=O) groups is 1. The van der Waals surface area contributed by atoms with Crippen LogP contribution in [0.15, 0.2) is 35.1 Å². The van der Waals surface area contributed by atoms with Gasteiger partial charge in [0, 0.05) is 12.1 Å². The highest BCUT2D eigenvalue weighted by Crippen LogP contribution is 2.34. The molecule has 0 amide bonds. The highest BCUT2D eigenvalue weighted by Gasteiger charge is 2.35. The van der Waals surface area contributed by atoms with Gasteiger partial charge in [-0.15, -0.1) is 0 Å². The molecule has 1 aliphatic heterocycles. The molecule has 1 saturated carbocycles. The number of pyridine rings is 1. The minimum absolute atomic E-state index is 0.348. The normalized spacial score (nSPS) is 22.1. The Morgan fingerprint density at radius 1 is 1.38 bits per heavy atom. The fourth-order valence-electron chi connectivity index (χ4n) is 1.53. The third-order valence-corrected chi connectivity index (χ3v) is 2.54. The molecule has 16 heavy (non-hydrogen) atoms. The number of aromatic nitrogens is 1. The number of esters is 1. The molecule has 0 atom stereocenters. The molecular weight excluding hydrogens is 204 g/mol. The first kappa shape index (κ1) is 9.27. The average molecular weight is 214 g/mol. The Morgan fingerprint density at radius 3 is 2.94 bits per heavy atom. The molecule has 3 rings (SSSR count). The van der Waals surface area contributed by atoms with Crippen LogP contribution in [0, 0.1) is 5.92 Å². The van der Waals surface area contributed by atoms with Crippen molar-refractivity contribution in [2.24, 2.45) is 10.9 Å². The minimum atomic E-state index is -0.368.